The van der Waals surface area contributed by atoms with E-state index < -0.39 is 6.04 Å². The number of anilines is 1. The molecule has 0 saturated heterocycles. The van der Waals surface area contributed by atoms with Crippen LogP contribution in [0, 0.1) is 0 Å². The molecule has 1 heterocycles. The van der Waals surface area contributed by atoms with Crippen LogP contribution < -0.4 is 10.6 Å². The smallest absolute Gasteiger partial charge is 0.251 e. The van der Waals surface area contributed by atoms with Crippen LogP contribution in [-0.2, 0) is 4.79 Å². The van der Waals surface area contributed by atoms with Crippen LogP contribution in [0.1, 0.15) is 28.4 Å². The van der Waals surface area contributed by atoms with E-state index in [9.17, 15) is 9.59 Å². The highest BCUT2D eigenvalue weighted by atomic mass is 16.2. The molecule has 2 N–H and O–H groups in total. The summed E-state index contributed by atoms with van der Waals surface area (Å²) in [6.07, 6.45) is 1.72. The Balaban J connectivity index is 1.73. The fourth-order valence-corrected chi connectivity index (χ4v) is 2.58. The van der Waals surface area contributed by atoms with Crippen LogP contribution in [0.4, 0.5) is 5.82 Å². The van der Waals surface area contributed by atoms with E-state index in [1.54, 1.807) is 48.7 Å². The van der Waals surface area contributed by atoms with Crippen molar-refractivity contribution in [2.24, 2.45) is 0 Å². The van der Waals surface area contributed by atoms with Crippen molar-refractivity contribution in [2.45, 2.75) is 12.5 Å². The average molecular weight is 345 g/mol. The fourth-order valence-electron chi connectivity index (χ4n) is 2.58. The predicted molar refractivity (Wildman–Crippen MR) is 101 cm³/mol. The minimum Gasteiger partial charge on any atom is -0.345 e. The lowest BCUT2D eigenvalue weighted by molar-refractivity contribution is -0.116. The molecule has 1 unspecified atom stereocenters. The van der Waals surface area contributed by atoms with E-state index in [0.717, 1.165) is 5.56 Å². The van der Waals surface area contributed by atoms with E-state index in [1.807, 2.05) is 36.4 Å². The van der Waals surface area contributed by atoms with Crippen molar-refractivity contribution in [3.05, 3.63) is 96.2 Å². The van der Waals surface area contributed by atoms with Gasteiger partial charge in [-0.05, 0) is 29.8 Å². The molecule has 0 spiro atoms. The molecule has 0 saturated carbocycles. The molecule has 0 radical (unpaired) electrons. The Bertz CT molecular complexity index is 852. The van der Waals surface area contributed by atoms with Crippen LogP contribution in [0.15, 0.2) is 85.1 Å². The Kier molecular flexibility index (Phi) is 5.72. The maximum absolute atomic E-state index is 12.5. The van der Waals surface area contributed by atoms with Crippen molar-refractivity contribution in [1.29, 1.82) is 0 Å². The molecule has 2 aromatic carbocycles. The molecule has 5 heteroatoms. The first-order valence-corrected chi connectivity index (χ1v) is 8.34. The lowest BCUT2D eigenvalue weighted by Crippen LogP contribution is -2.31. The number of carbonyl (C=O) groups excluding carboxylic acids is 2. The Hall–Kier alpha value is -3.47. The van der Waals surface area contributed by atoms with Gasteiger partial charge in [0.1, 0.15) is 5.82 Å². The Morgan fingerprint density at radius 1 is 0.846 bits per heavy atom. The molecule has 1 atom stereocenters. The predicted octanol–water partition coefficient (Wildman–Crippen LogP) is 3.58. The van der Waals surface area contributed by atoms with Gasteiger partial charge in [0, 0.05) is 11.8 Å². The quantitative estimate of drug-likeness (QED) is 0.717. The summed E-state index contributed by atoms with van der Waals surface area (Å²) in [5, 5.41) is 5.70. The zero-order valence-electron chi connectivity index (χ0n) is 14.1. The van der Waals surface area contributed by atoms with Crippen molar-refractivity contribution in [3.8, 4) is 0 Å². The Labute approximate surface area is 152 Å². The van der Waals surface area contributed by atoms with Crippen LogP contribution in [0.2, 0.25) is 0 Å². The number of aromatic nitrogens is 1. The van der Waals surface area contributed by atoms with Crippen LogP contribution in [0.5, 0.6) is 0 Å². The Morgan fingerprint density at radius 3 is 2.15 bits per heavy atom. The van der Waals surface area contributed by atoms with E-state index in [2.05, 4.69) is 15.6 Å². The average Bonchev–Trinajstić information content (AvgIpc) is 2.69. The molecule has 3 aromatic rings. The number of amides is 2. The van der Waals surface area contributed by atoms with E-state index >= 15 is 0 Å². The van der Waals surface area contributed by atoms with Gasteiger partial charge in [0.25, 0.3) is 5.91 Å². The monoisotopic (exact) mass is 345 g/mol. The van der Waals surface area contributed by atoms with Gasteiger partial charge in [-0.15, -0.1) is 0 Å². The van der Waals surface area contributed by atoms with Gasteiger partial charge in [-0.1, -0.05) is 54.6 Å². The van der Waals surface area contributed by atoms with Gasteiger partial charge in [-0.3, -0.25) is 9.59 Å². The number of rotatable bonds is 6. The number of hydrogen-bond donors (Lipinski definition) is 2. The minimum absolute atomic E-state index is 0.110. The van der Waals surface area contributed by atoms with Gasteiger partial charge in [-0.25, -0.2) is 4.98 Å². The van der Waals surface area contributed by atoms with Crippen LogP contribution in [0.25, 0.3) is 0 Å². The van der Waals surface area contributed by atoms with E-state index in [0.29, 0.717) is 11.4 Å². The third-order valence-electron chi connectivity index (χ3n) is 3.87. The van der Waals surface area contributed by atoms with Gasteiger partial charge >= 0.3 is 0 Å². The van der Waals surface area contributed by atoms with Crippen molar-refractivity contribution in [2.75, 3.05) is 5.32 Å². The highest BCUT2D eigenvalue weighted by molar-refractivity contribution is 5.95. The summed E-state index contributed by atoms with van der Waals surface area (Å²) in [6.45, 7) is 0. The third-order valence-corrected chi connectivity index (χ3v) is 3.87. The summed E-state index contributed by atoms with van der Waals surface area (Å²) in [5.41, 5.74) is 1.42. The first kappa shape index (κ1) is 17.4. The van der Waals surface area contributed by atoms with Gasteiger partial charge in [0.15, 0.2) is 0 Å². The van der Waals surface area contributed by atoms with Crippen LogP contribution in [-0.4, -0.2) is 16.8 Å². The molecule has 0 fully saturated rings. The van der Waals surface area contributed by atoms with Crippen molar-refractivity contribution >= 4 is 17.6 Å². The topological polar surface area (TPSA) is 71.1 Å². The summed E-state index contributed by atoms with van der Waals surface area (Å²) in [6, 6.07) is 23.3. The lowest BCUT2D eigenvalue weighted by Gasteiger charge is -2.19. The summed E-state index contributed by atoms with van der Waals surface area (Å²) in [7, 11) is 0. The lowest BCUT2D eigenvalue weighted by atomic mass is 10.0. The summed E-state index contributed by atoms with van der Waals surface area (Å²) in [5.74, 6) is 0.0506. The second-order valence-electron chi connectivity index (χ2n) is 5.77. The van der Waals surface area contributed by atoms with E-state index in [-0.39, 0.29) is 18.2 Å². The third kappa shape index (κ3) is 4.77. The van der Waals surface area contributed by atoms with Gasteiger partial charge in [-0.2, -0.15) is 0 Å². The summed E-state index contributed by atoms with van der Waals surface area (Å²) >= 11 is 0. The molecular weight excluding hydrogens is 326 g/mol. The molecule has 0 aliphatic carbocycles. The number of carbonyl (C=O) groups is 2. The molecule has 0 bridgehead atoms. The van der Waals surface area contributed by atoms with E-state index in [1.165, 1.54) is 0 Å². The van der Waals surface area contributed by atoms with Crippen LogP contribution >= 0.6 is 0 Å². The fraction of sp³-hybridized carbons (Fsp3) is 0.0952. The van der Waals surface area contributed by atoms with Crippen molar-refractivity contribution < 1.29 is 9.59 Å². The van der Waals surface area contributed by atoms with Crippen LogP contribution in [0.3, 0.4) is 0 Å². The zero-order chi connectivity index (χ0) is 18.2. The molecule has 26 heavy (non-hydrogen) atoms. The number of benzene rings is 2. The normalized spacial score (nSPS) is 11.4. The highest BCUT2D eigenvalue weighted by Gasteiger charge is 2.19. The molecule has 0 aliphatic heterocycles. The second-order valence-corrected chi connectivity index (χ2v) is 5.77. The minimum atomic E-state index is -0.437. The van der Waals surface area contributed by atoms with E-state index in [4.69, 9.17) is 0 Å². The molecule has 130 valence electrons. The molecule has 2 amide bonds. The van der Waals surface area contributed by atoms with Gasteiger partial charge in [0.05, 0.1) is 12.5 Å². The zero-order valence-corrected chi connectivity index (χ0v) is 14.1. The SMILES string of the molecule is O=C(CC(NC(=O)c1ccccc1)c1ccccc1)Nc1ccccn1. The summed E-state index contributed by atoms with van der Waals surface area (Å²) < 4.78 is 0. The van der Waals surface area contributed by atoms with Crippen molar-refractivity contribution in [1.82, 2.24) is 10.3 Å². The number of pyridine rings is 1. The molecular formula is C21H19N3O2. The molecule has 5 nitrogen and oxygen atoms in total. The molecule has 1 aromatic heterocycles. The number of hydrogen-bond acceptors (Lipinski definition) is 3. The number of nitrogens with one attached hydrogen (secondary N) is 2. The first-order valence-electron chi connectivity index (χ1n) is 8.34. The second kappa shape index (κ2) is 8.58. The van der Waals surface area contributed by atoms with Gasteiger partial charge in [0.2, 0.25) is 5.91 Å². The highest BCUT2D eigenvalue weighted by Crippen LogP contribution is 2.18. The first-order chi connectivity index (χ1) is 12.7. The van der Waals surface area contributed by atoms with Gasteiger partial charge < -0.3 is 10.6 Å². The maximum atomic E-state index is 12.5. The Morgan fingerprint density at radius 2 is 1.50 bits per heavy atom. The largest absolute Gasteiger partial charge is 0.345 e. The standard InChI is InChI=1S/C21H19N3O2/c25-20(24-19-13-7-8-14-22-19)15-18(16-9-3-1-4-10-16)23-21(26)17-11-5-2-6-12-17/h1-14,18H,15H2,(H,23,26)(H,22,24,25). The number of nitrogens with zero attached hydrogens (tertiary/aromatic N) is 1. The molecule has 3 rings (SSSR count). The maximum Gasteiger partial charge on any atom is 0.251 e. The molecule has 0 aliphatic rings. The van der Waals surface area contributed by atoms with Crippen molar-refractivity contribution in [3.63, 3.8) is 0 Å². The summed E-state index contributed by atoms with van der Waals surface area (Å²) in [4.78, 5) is 29.0.